The van der Waals surface area contributed by atoms with Crippen LogP contribution in [0.5, 0.6) is 0 Å². The number of nitrogens with zero attached hydrogens (tertiary/aromatic N) is 5. The minimum atomic E-state index is -0.134. The van der Waals surface area contributed by atoms with E-state index in [1.807, 2.05) is 42.5 Å². The van der Waals surface area contributed by atoms with Gasteiger partial charge in [-0.15, -0.1) is 20.4 Å². The first-order valence-corrected chi connectivity index (χ1v) is 13.9. The van der Waals surface area contributed by atoms with Gasteiger partial charge in [-0.2, -0.15) is 0 Å². The van der Waals surface area contributed by atoms with Crippen LogP contribution in [0.4, 0.5) is 10.3 Å². The predicted octanol–water partition coefficient (Wildman–Crippen LogP) is 4.98. The molecule has 2 atom stereocenters. The first kappa shape index (κ1) is 25.1. The fourth-order valence-corrected chi connectivity index (χ4v) is 6.32. The smallest absolute Gasteiger partial charge is 0.230 e. The van der Waals surface area contributed by atoms with Gasteiger partial charge in [0, 0.05) is 24.2 Å². The summed E-state index contributed by atoms with van der Waals surface area (Å²) in [7, 11) is 0. The molecule has 2 amide bonds. The van der Waals surface area contributed by atoms with Gasteiger partial charge in [0.1, 0.15) is 10.0 Å². The summed E-state index contributed by atoms with van der Waals surface area (Å²) in [6.45, 7) is 0. The number of aromatic nitrogens is 5. The van der Waals surface area contributed by atoms with Crippen LogP contribution in [-0.4, -0.2) is 37.2 Å². The van der Waals surface area contributed by atoms with Gasteiger partial charge in [0.25, 0.3) is 0 Å². The highest BCUT2D eigenvalue weighted by Crippen LogP contribution is 2.42. The van der Waals surface area contributed by atoms with Crippen molar-refractivity contribution in [3.05, 3.63) is 76.0 Å². The SMILES string of the molecule is O=C(Cc1cccnc1)Nc1nnc([C@@H]2CCCC[C@H](c3nnc(NC(=O)Cc4ccccc4)s3)C2)s1. The van der Waals surface area contributed by atoms with Crippen molar-refractivity contribution in [2.24, 2.45) is 0 Å². The Bertz CT molecular complexity index is 1230. The highest BCUT2D eigenvalue weighted by molar-refractivity contribution is 7.15. The lowest BCUT2D eigenvalue weighted by molar-refractivity contribution is -0.116. The molecule has 9 nitrogen and oxygen atoms in total. The summed E-state index contributed by atoms with van der Waals surface area (Å²) in [5.41, 5.74) is 1.81. The zero-order valence-corrected chi connectivity index (χ0v) is 21.8. The Balaban J connectivity index is 1.18. The van der Waals surface area contributed by atoms with Crippen LogP contribution >= 0.6 is 22.7 Å². The zero-order chi connectivity index (χ0) is 25.5. The second-order valence-corrected chi connectivity index (χ2v) is 11.1. The van der Waals surface area contributed by atoms with Gasteiger partial charge in [0.15, 0.2) is 0 Å². The van der Waals surface area contributed by atoms with Gasteiger partial charge in [-0.05, 0) is 36.5 Å². The molecular weight excluding hydrogens is 506 g/mol. The van der Waals surface area contributed by atoms with Crippen molar-refractivity contribution in [2.45, 2.75) is 56.8 Å². The molecule has 0 saturated heterocycles. The Morgan fingerprint density at radius 3 is 1.89 bits per heavy atom. The molecule has 3 aromatic heterocycles. The van der Waals surface area contributed by atoms with Crippen LogP contribution in [0.15, 0.2) is 54.9 Å². The molecule has 1 fully saturated rings. The van der Waals surface area contributed by atoms with Crippen molar-refractivity contribution in [2.75, 3.05) is 10.6 Å². The lowest BCUT2D eigenvalue weighted by Crippen LogP contribution is -2.14. The first-order valence-electron chi connectivity index (χ1n) is 12.3. The average molecular weight is 534 g/mol. The molecule has 1 saturated carbocycles. The summed E-state index contributed by atoms with van der Waals surface area (Å²) < 4.78 is 0. The molecule has 190 valence electrons. The number of hydrogen-bond donors (Lipinski definition) is 2. The summed E-state index contributed by atoms with van der Waals surface area (Å²) in [6.07, 6.45) is 9.06. The molecular formula is C26H27N7O2S2. The Morgan fingerprint density at radius 1 is 0.757 bits per heavy atom. The third kappa shape index (κ3) is 7.01. The third-order valence-electron chi connectivity index (χ3n) is 6.29. The molecule has 11 heteroatoms. The molecule has 0 bridgehead atoms. The van der Waals surface area contributed by atoms with Crippen molar-refractivity contribution in [3.8, 4) is 0 Å². The third-order valence-corrected chi connectivity index (χ3v) is 8.29. The maximum Gasteiger partial charge on any atom is 0.230 e. The normalized spacial score (nSPS) is 17.6. The molecule has 0 aliphatic heterocycles. The molecule has 0 spiro atoms. The van der Waals surface area contributed by atoms with E-state index >= 15 is 0 Å². The monoisotopic (exact) mass is 533 g/mol. The number of nitrogens with one attached hydrogen (secondary N) is 2. The first-order chi connectivity index (χ1) is 18.1. The van der Waals surface area contributed by atoms with E-state index in [-0.39, 0.29) is 30.1 Å². The van der Waals surface area contributed by atoms with Crippen molar-refractivity contribution < 1.29 is 9.59 Å². The minimum absolute atomic E-state index is 0.0976. The number of benzene rings is 1. The summed E-state index contributed by atoms with van der Waals surface area (Å²) in [5, 5.41) is 26.0. The molecule has 1 aliphatic rings. The molecule has 0 unspecified atom stereocenters. The van der Waals surface area contributed by atoms with E-state index in [4.69, 9.17) is 0 Å². The van der Waals surface area contributed by atoms with E-state index in [0.29, 0.717) is 16.7 Å². The number of amides is 2. The minimum Gasteiger partial charge on any atom is -0.300 e. The van der Waals surface area contributed by atoms with Crippen LogP contribution in [0.1, 0.15) is 65.1 Å². The number of rotatable bonds is 8. The molecule has 2 N–H and O–H groups in total. The van der Waals surface area contributed by atoms with Gasteiger partial charge in [-0.3, -0.25) is 14.6 Å². The number of carbonyl (C=O) groups excluding carboxylic acids is 2. The van der Waals surface area contributed by atoms with Gasteiger partial charge in [-0.1, -0.05) is 71.9 Å². The molecule has 4 aromatic rings. The highest BCUT2D eigenvalue weighted by atomic mass is 32.1. The fraction of sp³-hybridized carbons (Fsp3) is 0.346. The van der Waals surface area contributed by atoms with E-state index in [1.54, 1.807) is 12.4 Å². The summed E-state index contributed by atoms with van der Waals surface area (Å²) >= 11 is 2.89. The lowest BCUT2D eigenvalue weighted by Gasteiger charge is -2.15. The molecule has 5 rings (SSSR count). The summed E-state index contributed by atoms with van der Waals surface area (Å²) in [4.78, 5) is 28.9. The van der Waals surface area contributed by atoms with Gasteiger partial charge < -0.3 is 10.6 Å². The Labute approximate surface area is 222 Å². The number of anilines is 2. The summed E-state index contributed by atoms with van der Waals surface area (Å²) in [6, 6.07) is 13.3. The Hall–Kier alpha value is -3.57. The number of pyridine rings is 1. The standard InChI is InChI=1S/C26H27N7O2S2/c34-21(13-17-7-2-1-3-8-17)28-25-32-30-23(36-25)19-10-4-5-11-20(15-19)24-31-33-26(37-24)29-22(35)14-18-9-6-12-27-16-18/h1-3,6-9,12,16,19-20H,4-5,10-11,13-15H2,(H,28,32,34)(H,29,33,35)/t19-,20+/m0/s1. The largest absolute Gasteiger partial charge is 0.300 e. The van der Waals surface area contributed by atoms with Crippen LogP contribution in [0.25, 0.3) is 0 Å². The molecule has 0 radical (unpaired) electrons. The van der Waals surface area contributed by atoms with Crippen LogP contribution in [0.2, 0.25) is 0 Å². The van der Waals surface area contributed by atoms with E-state index in [2.05, 4.69) is 36.0 Å². The van der Waals surface area contributed by atoms with Gasteiger partial charge in [0.2, 0.25) is 22.1 Å². The zero-order valence-electron chi connectivity index (χ0n) is 20.2. The predicted molar refractivity (Wildman–Crippen MR) is 144 cm³/mol. The van der Waals surface area contributed by atoms with Gasteiger partial charge in [-0.25, -0.2) is 0 Å². The molecule has 3 heterocycles. The Kier molecular flexibility index (Phi) is 8.21. The maximum absolute atomic E-state index is 12.4. The topological polar surface area (TPSA) is 123 Å². The molecule has 37 heavy (non-hydrogen) atoms. The number of carbonyl (C=O) groups is 2. The van der Waals surface area contributed by atoms with E-state index in [0.717, 1.165) is 53.2 Å². The number of hydrogen-bond acceptors (Lipinski definition) is 9. The highest BCUT2D eigenvalue weighted by Gasteiger charge is 2.28. The molecule has 1 aliphatic carbocycles. The second-order valence-electron chi connectivity index (χ2n) is 9.10. The van der Waals surface area contributed by atoms with Crippen molar-refractivity contribution in [3.63, 3.8) is 0 Å². The van der Waals surface area contributed by atoms with Crippen molar-refractivity contribution in [1.29, 1.82) is 0 Å². The van der Waals surface area contributed by atoms with Gasteiger partial charge >= 0.3 is 0 Å². The van der Waals surface area contributed by atoms with Crippen LogP contribution in [0.3, 0.4) is 0 Å². The second kappa shape index (κ2) is 12.1. The maximum atomic E-state index is 12.4. The van der Waals surface area contributed by atoms with Crippen LogP contribution in [0, 0.1) is 0 Å². The fourth-order valence-electron chi connectivity index (χ4n) is 4.51. The van der Waals surface area contributed by atoms with Crippen LogP contribution < -0.4 is 10.6 Å². The average Bonchev–Trinajstić information content (AvgIpc) is 3.49. The molecule has 1 aromatic carbocycles. The van der Waals surface area contributed by atoms with Gasteiger partial charge in [0.05, 0.1) is 12.8 Å². The van der Waals surface area contributed by atoms with E-state index in [9.17, 15) is 9.59 Å². The van der Waals surface area contributed by atoms with E-state index in [1.165, 1.54) is 22.7 Å². The summed E-state index contributed by atoms with van der Waals surface area (Å²) in [5.74, 6) is 0.260. The quantitative estimate of drug-likeness (QED) is 0.306. The van der Waals surface area contributed by atoms with Crippen molar-refractivity contribution in [1.82, 2.24) is 25.4 Å². The Morgan fingerprint density at radius 2 is 1.32 bits per heavy atom. The van der Waals surface area contributed by atoms with E-state index < -0.39 is 0 Å². The van der Waals surface area contributed by atoms with Crippen LogP contribution in [-0.2, 0) is 22.4 Å². The van der Waals surface area contributed by atoms with Crippen molar-refractivity contribution >= 4 is 44.8 Å². The lowest BCUT2D eigenvalue weighted by atomic mass is 9.94.